The van der Waals surface area contributed by atoms with Gasteiger partial charge in [-0.05, 0) is 50.0 Å². The lowest BCUT2D eigenvalue weighted by Crippen LogP contribution is -2.59. The molecule has 1 aliphatic carbocycles. The zero-order valence-electron chi connectivity index (χ0n) is 12.6. The first kappa shape index (κ1) is 14.3. The van der Waals surface area contributed by atoms with Crippen LogP contribution >= 0.6 is 0 Å². The maximum atomic E-state index is 6.25. The van der Waals surface area contributed by atoms with E-state index in [4.69, 9.17) is 5.73 Å². The molecule has 0 radical (unpaired) electrons. The zero-order chi connectivity index (χ0) is 13.2. The lowest BCUT2D eigenvalue weighted by atomic mass is 9.68. The molecule has 0 amide bonds. The van der Waals surface area contributed by atoms with Crippen molar-refractivity contribution >= 4 is 0 Å². The second-order valence-corrected chi connectivity index (χ2v) is 6.98. The third kappa shape index (κ3) is 2.60. The Morgan fingerprint density at radius 3 is 2.67 bits per heavy atom. The molecule has 1 aliphatic heterocycles. The van der Waals surface area contributed by atoms with Gasteiger partial charge >= 0.3 is 0 Å². The number of hydrogen-bond acceptors (Lipinski definition) is 2. The van der Waals surface area contributed by atoms with E-state index >= 15 is 0 Å². The van der Waals surface area contributed by atoms with Crippen LogP contribution < -0.4 is 5.73 Å². The second kappa shape index (κ2) is 5.92. The number of hydrogen-bond donors (Lipinski definition) is 1. The number of rotatable bonds is 4. The molecule has 1 heterocycles. The van der Waals surface area contributed by atoms with E-state index in [1.54, 1.807) is 0 Å². The quantitative estimate of drug-likeness (QED) is 0.832. The summed E-state index contributed by atoms with van der Waals surface area (Å²) in [5, 5.41) is 0. The van der Waals surface area contributed by atoms with Gasteiger partial charge in [0.05, 0.1) is 0 Å². The Morgan fingerprint density at radius 2 is 2.00 bits per heavy atom. The largest absolute Gasteiger partial charge is 0.329 e. The van der Waals surface area contributed by atoms with Crippen molar-refractivity contribution in [2.45, 2.75) is 64.8 Å². The van der Waals surface area contributed by atoms with E-state index in [-0.39, 0.29) is 0 Å². The fourth-order valence-electron chi connectivity index (χ4n) is 4.45. The average molecular weight is 252 g/mol. The van der Waals surface area contributed by atoms with Gasteiger partial charge in [0.25, 0.3) is 0 Å². The minimum absolute atomic E-state index is 0.320. The van der Waals surface area contributed by atoms with Crippen LogP contribution in [0.3, 0.4) is 0 Å². The van der Waals surface area contributed by atoms with Gasteiger partial charge in [0, 0.05) is 18.6 Å². The first-order valence-corrected chi connectivity index (χ1v) is 8.07. The first-order chi connectivity index (χ1) is 8.62. The minimum Gasteiger partial charge on any atom is -0.329 e. The Morgan fingerprint density at radius 1 is 1.22 bits per heavy atom. The number of nitrogens with zero attached hydrogens (tertiary/aromatic N) is 1. The van der Waals surface area contributed by atoms with Crippen molar-refractivity contribution in [3.8, 4) is 0 Å². The third-order valence-corrected chi connectivity index (χ3v) is 5.68. The Kier molecular flexibility index (Phi) is 4.71. The van der Waals surface area contributed by atoms with E-state index in [1.807, 2.05) is 0 Å². The van der Waals surface area contributed by atoms with Crippen molar-refractivity contribution in [2.75, 3.05) is 19.6 Å². The van der Waals surface area contributed by atoms with E-state index in [9.17, 15) is 0 Å². The molecule has 2 rings (SSSR count). The van der Waals surface area contributed by atoms with E-state index in [0.29, 0.717) is 5.54 Å². The van der Waals surface area contributed by atoms with Crippen molar-refractivity contribution in [1.29, 1.82) is 0 Å². The highest BCUT2D eigenvalue weighted by molar-refractivity contribution is 5.02. The van der Waals surface area contributed by atoms with E-state index in [0.717, 1.165) is 24.3 Å². The van der Waals surface area contributed by atoms with Crippen molar-refractivity contribution < 1.29 is 0 Å². The summed E-state index contributed by atoms with van der Waals surface area (Å²) in [5.41, 5.74) is 6.57. The second-order valence-electron chi connectivity index (χ2n) is 6.98. The molecule has 1 saturated heterocycles. The summed E-state index contributed by atoms with van der Waals surface area (Å²) in [4.78, 5) is 2.77. The van der Waals surface area contributed by atoms with Crippen molar-refractivity contribution in [3.63, 3.8) is 0 Å². The Labute approximate surface area is 113 Å². The maximum absolute atomic E-state index is 6.25. The zero-order valence-corrected chi connectivity index (χ0v) is 12.6. The van der Waals surface area contributed by atoms with Crippen molar-refractivity contribution in [3.05, 3.63) is 0 Å². The molecule has 4 unspecified atom stereocenters. The van der Waals surface area contributed by atoms with E-state index in [2.05, 4.69) is 25.7 Å². The summed E-state index contributed by atoms with van der Waals surface area (Å²) in [6.45, 7) is 10.6. The summed E-state index contributed by atoms with van der Waals surface area (Å²) in [5.74, 6) is 2.57. The van der Waals surface area contributed by atoms with Gasteiger partial charge in [-0.1, -0.05) is 33.6 Å². The summed E-state index contributed by atoms with van der Waals surface area (Å²) in [7, 11) is 0. The predicted octanol–water partition coefficient (Wildman–Crippen LogP) is 3.26. The molecule has 2 N–H and O–H groups in total. The summed E-state index contributed by atoms with van der Waals surface area (Å²) in [6.07, 6.45) is 8.23. The Bertz CT molecular complexity index is 266. The molecular weight excluding hydrogens is 220 g/mol. The molecular formula is C16H32N2. The highest BCUT2D eigenvalue weighted by Crippen LogP contribution is 2.43. The van der Waals surface area contributed by atoms with Gasteiger partial charge in [0.1, 0.15) is 0 Å². The van der Waals surface area contributed by atoms with Gasteiger partial charge in [-0.15, -0.1) is 0 Å². The van der Waals surface area contributed by atoms with Crippen LogP contribution in [0.5, 0.6) is 0 Å². The SMILES string of the molecule is CCCC1CCN(C2(CN)CC(C)CCC2C)C1. The van der Waals surface area contributed by atoms with Crippen LogP contribution in [0.15, 0.2) is 0 Å². The standard InChI is InChI=1S/C16H32N2/c1-4-5-15-8-9-18(11-15)16(12-17)10-13(2)6-7-14(16)3/h13-15H,4-12,17H2,1-3H3. The monoisotopic (exact) mass is 252 g/mol. The van der Waals surface area contributed by atoms with E-state index < -0.39 is 0 Å². The van der Waals surface area contributed by atoms with Crippen LogP contribution in [0.25, 0.3) is 0 Å². The lowest BCUT2D eigenvalue weighted by molar-refractivity contribution is 0.00990. The molecule has 2 fully saturated rings. The van der Waals surface area contributed by atoms with Gasteiger partial charge in [-0.25, -0.2) is 0 Å². The summed E-state index contributed by atoms with van der Waals surface area (Å²) < 4.78 is 0. The van der Waals surface area contributed by atoms with Crippen LogP contribution in [0.1, 0.15) is 59.3 Å². The minimum atomic E-state index is 0.320. The smallest absolute Gasteiger partial charge is 0.0359 e. The van der Waals surface area contributed by atoms with Crippen LogP contribution in [0.4, 0.5) is 0 Å². The number of nitrogens with two attached hydrogens (primary N) is 1. The molecule has 0 spiro atoms. The molecule has 18 heavy (non-hydrogen) atoms. The molecule has 0 aromatic rings. The van der Waals surface area contributed by atoms with Crippen molar-refractivity contribution in [1.82, 2.24) is 4.90 Å². The third-order valence-electron chi connectivity index (χ3n) is 5.68. The van der Waals surface area contributed by atoms with Gasteiger partial charge < -0.3 is 5.73 Å². The first-order valence-electron chi connectivity index (χ1n) is 8.07. The molecule has 2 aliphatic rings. The molecule has 1 saturated carbocycles. The number of likely N-dealkylation sites (tertiary alicyclic amines) is 1. The molecule has 4 atom stereocenters. The Balaban J connectivity index is 2.07. The van der Waals surface area contributed by atoms with Crippen LogP contribution in [-0.4, -0.2) is 30.1 Å². The maximum Gasteiger partial charge on any atom is 0.0359 e. The van der Waals surface area contributed by atoms with Gasteiger partial charge in [-0.3, -0.25) is 4.90 Å². The normalized spacial score (nSPS) is 42.3. The highest BCUT2D eigenvalue weighted by atomic mass is 15.2. The van der Waals surface area contributed by atoms with Crippen molar-refractivity contribution in [2.24, 2.45) is 23.5 Å². The van der Waals surface area contributed by atoms with Crippen LogP contribution in [0, 0.1) is 17.8 Å². The molecule has 106 valence electrons. The summed E-state index contributed by atoms with van der Waals surface area (Å²) in [6, 6.07) is 0. The molecule has 0 bridgehead atoms. The summed E-state index contributed by atoms with van der Waals surface area (Å²) >= 11 is 0. The fraction of sp³-hybridized carbons (Fsp3) is 1.00. The molecule has 0 aromatic heterocycles. The van der Waals surface area contributed by atoms with Crippen LogP contribution in [0.2, 0.25) is 0 Å². The molecule has 2 nitrogen and oxygen atoms in total. The molecule has 2 heteroatoms. The lowest BCUT2D eigenvalue weighted by Gasteiger charge is -2.50. The van der Waals surface area contributed by atoms with Gasteiger partial charge in [0.2, 0.25) is 0 Å². The topological polar surface area (TPSA) is 29.3 Å². The predicted molar refractivity (Wildman–Crippen MR) is 78.6 cm³/mol. The van der Waals surface area contributed by atoms with Crippen LogP contribution in [-0.2, 0) is 0 Å². The average Bonchev–Trinajstić information content (AvgIpc) is 2.82. The fourth-order valence-corrected chi connectivity index (χ4v) is 4.45. The molecule has 0 aromatic carbocycles. The van der Waals surface area contributed by atoms with Gasteiger partial charge in [-0.2, -0.15) is 0 Å². The van der Waals surface area contributed by atoms with E-state index in [1.165, 1.54) is 51.6 Å². The van der Waals surface area contributed by atoms with Gasteiger partial charge in [0.15, 0.2) is 0 Å². The Hall–Kier alpha value is -0.0800. The highest BCUT2D eigenvalue weighted by Gasteiger charge is 2.46.